The van der Waals surface area contributed by atoms with Crippen LogP contribution in [0.3, 0.4) is 0 Å². The first-order valence-corrected chi connectivity index (χ1v) is 6.04. The van der Waals surface area contributed by atoms with Gasteiger partial charge in [-0.3, -0.25) is 4.79 Å². The summed E-state index contributed by atoms with van der Waals surface area (Å²) >= 11 is 0. The summed E-state index contributed by atoms with van der Waals surface area (Å²) in [6.45, 7) is 2.28. The zero-order chi connectivity index (χ0) is 15.1. The minimum atomic E-state index is -0.253. The van der Waals surface area contributed by atoms with Gasteiger partial charge in [0.15, 0.2) is 5.84 Å². The van der Waals surface area contributed by atoms with Crippen molar-refractivity contribution < 1.29 is 19.5 Å². The van der Waals surface area contributed by atoms with Crippen LogP contribution >= 0.6 is 0 Å². The lowest BCUT2D eigenvalue weighted by atomic mass is 10.1. The van der Waals surface area contributed by atoms with Crippen LogP contribution in [0.4, 0.5) is 0 Å². The predicted molar refractivity (Wildman–Crippen MR) is 74.5 cm³/mol. The Hall–Kier alpha value is -2.44. The first kappa shape index (κ1) is 15.6. The van der Waals surface area contributed by atoms with Crippen molar-refractivity contribution in [3.8, 4) is 11.5 Å². The molecule has 0 bridgehead atoms. The first-order valence-electron chi connectivity index (χ1n) is 6.04. The molecule has 1 amide bonds. The molecule has 110 valence electrons. The maximum absolute atomic E-state index is 12.4. The number of ether oxygens (including phenoxy) is 2. The summed E-state index contributed by atoms with van der Waals surface area (Å²) in [6.07, 6.45) is 0. The molecule has 0 radical (unpaired) electrons. The number of hydrogen-bond donors (Lipinski definition) is 2. The zero-order valence-corrected chi connectivity index (χ0v) is 11.8. The molecule has 0 spiro atoms. The Bertz CT molecular complexity index is 480. The van der Waals surface area contributed by atoms with Crippen molar-refractivity contribution in [2.24, 2.45) is 10.9 Å². The van der Waals surface area contributed by atoms with Crippen LogP contribution in [-0.4, -0.2) is 49.2 Å². The Labute approximate surface area is 117 Å². The Kier molecular flexibility index (Phi) is 5.64. The molecule has 0 unspecified atom stereocenters. The molecule has 0 saturated heterocycles. The number of carbonyl (C=O) groups excluding carboxylic acids is 1. The predicted octanol–water partition coefficient (Wildman–Crippen LogP) is 0.912. The average molecular weight is 281 g/mol. The number of hydrogen-bond acceptors (Lipinski definition) is 5. The van der Waals surface area contributed by atoms with Crippen LogP contribution in [0, 0.1) is 0 Å². The summed E-state index contributed by atoms with van der Waals surface area (Å²) in [5, 5.41) is 11.5. The lowest BCUT2D eigenvalue weighted by molar-refractivity contribution is 0.0785. The van der Waals surface area contributed by atoms with Gasteiger partial charge in [-0.15, -0.1) is 0 Å². The third-order valence-corrected chi connectivity index (χ3v) is 2.75. The van der Waals surface area contributed by atoms with E-state index in [2.05, 4.69) is 5.16 Å². The minimum Gasteiger partial charge on any atom is -0.497 e. The van der Waals surface area contributed by atoms with E-state index in [1.54, 1.807) is 25.1 Å². The molecule has 7 nitrogen and oxygen atoms in total. The SMILES string of the molecule is CCN(CC(N)=NO)C(=O)c1cc(OC)cc(OC)c1. The summed E-state index contributed by atoms with van der Waals surface area (Å²) in [5.74, 6) is 0.756. The van der Waals surface area contributed by atoms with E-state index in [1.165, 1.54) is 19.1 Å². The van der Waals surface area contributed by atoms with Gasteiger partial charge in [-0.25, -0.2) is 0 Å². The van der Waals surface area contributed by atoms with Crippen molar-refractivity contribution >= 4 is 11.7 Å². The lowest BCUT2D eigenvalue weighted by Crippen LogP contribution is -2.38. The molecular weight excluding hydrogens is 262 g/mol. The molecule has 20 heavy (non-hydrogen) atoms. The number of nitrogens with zero attached hydrogens (tertiary/aromatic N) is 2. The van der Waals surface area contributed by atoms with E-state index in [-0.39, 0.29) is 18.3 Å². The van der Waals surface area contributed by atoms with Crippen LogP contribution in [0.5, 0.6) is 11.5 Å². The summed E-state index contributed by atoms with van der Waals surface area (Å²) in [4.78, 5) is 13.8. The van der Waals surface area contributed by atoms with E-state index in [0.717, 1.165) is 0 Å². The van der Waals surface area contributed by atoms with Gasteiger partial charge in [-0.2, -0.15) is 0 Å². The van der Waals surface area contributed by atoms with Gasteiger partial charge in [0.25, 0.3) is 5.91 Å². The zero-order valence-electron chi connectivity index (χ0n) is 11.8. The van der Waals surface area contributed by atoms with E-state index in [1.807, 2.05) is 0 Å². The van der Waals surface area contributed by atoms with E-state index in [9.17, 15) is 4.79 Å². The molecule has 0 aliphatic rings. The third kappa shape index (κ3) is 3.78. The normalized spacial score (nSPS) is 11.1. The fourth-order valence-corrected chi connectivity index (χ4v) is 1.67. The van der Waals surface area contributed by atoms with Crippen LogP contribution in [0.1, 0.15) is 17.3 Å². The van der Waals surface area contributed by atoms with Gasteiger partial charge < -0.3 is 25.3 Å². The number of benzene rings is 1. The molecule has 1 aromatic carbocycles. The maximum Gasteiger partial charge on any atom is 0.254 e. The molecule has 0 fully saturated rings. The van der Waals surface area contributed by atoms with Crippen molar-refractivity contribution in [3.05, 3.63) is 23.8 Å². The van der Waals surface area contributed by atoms with Crippen molar-refractivity contribution in [1.82, 2.24) is 4.90 Å². The van der Waals surface area contributed by atoms with Gasteiger partial charge in [0.2, 0.25) is 0 Å². The van der Waals surface area contributed by atoms with E-state index >= 15 is 0 Å². The maximum atomic E-state index is 12.4. The van der Waals surface area contributed by atoms with Crippen LogP contribution in [0.25, 0.3) is 0 Å². The fraction of sp³-hybridized carbons (Fsp3) is 0.385. The van der Waals surface area contributed by atoms with Crippen LogP contribution in [0.15, 0.2) is 23.4 Å². The lowest BCUT2D eigenvalue weighted by Gasteiger charge is -2.20. The standard InChI is InChI=1S/C13H19N3O4/c1-4-16(8-12(14)15-18)13(17)9-5-10(19-2)7-11(6-9)20-3/h5-7,18H,4,8H2,1-3H3,(H2,14,15). The summed E-state index contributed by atoms with van der Waals surface area (Å²) in [6, 6.07) is 4.90. The van der Waals surface area contributed by atoms with E-state index in [4.69, 9.17) is 20.4 Å². The third-order valence-electron chi connectivity index (χ3n) is 2.75. The smallest absolute Gasteiger partial charge is 0.254 e. The molecular formula is C13H19N3O4. The Morgan fingerprint density at radius 1 is 1.30 bits per heavy atom. The topological polar surface area (TPSA) is 97.4 Å². The molecule has 1 rings (SSSR count). The number of oxime groups is 1. The Morgan fingerprint density at radius 2 is 1.85 bits per heavy atom. The highest BCUT2D eigenvalue weighted by molar-refractivity contribution is 5.97. The molecule has 0 aliphatic heterocycles. The largest absolute Gasteiger partial charge is 0.497 e. The van der Waals surface area contributed by atoms with Crippen LogP contribution in [-0.2, 0) is 0 Å². The Balaban J connectivity index is 3.05. The number of amides is 1. The molecule has 0 saturated carbocycles. The number of nitrogens with two attached hydrogens (primary N) is 1. The summed E-state index contributed by atoms with van der Waals surface area (Å²) < 4.78 is 10.2. The quantitative estimate of drug-likeness (QED) is 0.349. The minimum absolute atomic E-state index is 0.0324. The van der Waals surface area contributed by atoms with Crippen molar-refractivity contribution in [2.45, 2.75) is 6.92 Å². The number of carbonyl (C=O) groups is 1. The number of amidine groups is 1. The van der Waals surface area contributed by atoms with Crippen molar-refractivity contribution in [2.75, 3.05) is 27.3 Å². The molecule has 0 heterocycles. The Morgan fingerprint density at radius 3 is 2.25 bits per heavy atom. The average Bonchev–Trinajstić information content (AvgIpc) is 2.50. The van der Waals surface area contributed by atoms with E-state index in [0.29, 0.717) is 23.6 Å². The second-order valence-corrected chi connectivity index (χ2v) is 4.01. The highest BCUT2D eigenvalue weighted by Crippen LogP contribution is 2.23. The number of rotatable bonds is 6. The summed E-state index contributed by atoms with van der Waals surface area (Å²) in [5.41, 5.74) is 5.85. The second kappa shape index (κ2) is 7.22. The second-order valence-electron chi connectivity index (χ2n) is 4.01. The highest BCUT2D eigenvalue weighted by atomic mass is 16.5. The molecule has 0 atom stereocenters. The monoisotopic (exact) mass is 281 g/mol. The van der Waals surface area contributed by atoms with Gasteiger partial charge in [-0.05, 0) is 19.1 Å². The van der Waals surface area contributed by atoms with Crippen LogP contribution < -0.4 is 15.2 Å². The molecule has 1 aromatic rings. The molecule has 3 N–H and O–H groups in total. The van der Waals surface area contributed by atoms with Gasteiger partial charge >= 0.3 is 0 Å². The highest BCUT2D eigenvalue weighted by Gasteiger charge is 2.17. The fourth-order valence-electron chi connectivity index (χ4n) is 1.67. The summed E-state index contributed by atoms with van der Waals surface area (Å²) in [7, 11) is 3.02. The first-order chi connectivity index (χ1) is 9.55. The van der Waals surface area contributed by atoms with Gasteiger partial charge in [0.05, 0.1) is 20.8 Å². The van der Waals surface area contributed by atoms with Crippen LogP contribution in [0.2, 0.25) is 0 Å². The van der Waals surface area contributed by atoms with Gasteiger partial charge in [0.1, 0.15) is 11.5 Å². The van der Waals surface area contributed by atoms with Gasteiger partial charge in [-0.1, -0.05) is 5.16 Å². The molecule has 0 aromatic heterocycles. The molecule has 0 aliphatic carbocycles. The van der Waals surface area contributed by atoms with Crippen molar-refractivity contribution in [3.63, 3.8) is 0 Å². The van der Waals surface area contributed by atoms with E-state index < -0.39 is 0 Å². The molecule has 7 heteroatoms. The number of likely N-dealkylation sites (N-methyl/N-ethyl adjacent to an activating group) is 1. The van der Waals surface area contributed by atoms with Crippen molar-refractivity contribution in [1.29, 1.82) is 0 Å². The van der Waals surface area contributed by atoms with Gasteiger partial charge in [0, 0.05) is 18.2 Å². The number of methoxy groups -OCH3 is 2.